The number of anilines is 3. The van der Waals surface area contributed by atoms with E-state index in [4.69, 9.17) is 0 Å². The van der Waals surface area contributed by atoms with Crippen LogP contribution in [0.4, 0.5) is 17.1 Å². The molecule has 35 heavy (non-hydrogen) atoms. The third kappa shape index (κ3) is 7.37. The van der Waals surface area contributed by atoms with Crippen LogP contribution in [0.5, 0.6) is 0 Å². The summed E-state index contributed by atoms with van der Waals surface area (Å²) in [6, 6.07) is 18.1. The summed E-state index contributed by atoms with van der Waals surface area (Å²) in [5.41, 5.74) is 3.35. The Morgan fingerprint density at radius 1 is 0.829 bits per heavy atom. The van der Waals surface area contributed by atoms with E-state index < -0.39 is 0 Å². The molecule has 8 nitrogen and oxygen atoms in total. The Morgan fingerprint density at radius 2 is 1.46 bits per heavy atom. The van der Waals surface area contributed by atoms with E-state index in [2.05, 4.69) is 37.8 Å². The fraction of sp³-hybridized carbons (Fsp3) is 0.296. The number of piperazine rings is 1. The third-order valence-electron chi connectivity index (χ3n) is 6.01. The Kier molecular flexibility index (Phi) is 8.43. The van der Waals surface area contributed by atoms with Gasteiger partial charge >= 0.3 is 0 Å². The van der Waals surface area contributed by atoms with Gasteiger partial charge in [0.25, 0.3) is 11.8 Å². The maximum absolute atomic E-state index is 12.6. The molecule has 182 valence electrons. The van der Waals surface area contributed by atoms with Crippen molar-refractivity contribution in [1.82, 2.24) is 20.1 Å². The van der Waals surface area contributed by atoms with Gasteiger partial charge in [0.15, 0.2) is 0 Å². The summed E-state index contributed by atoms with van der Waals surface area (Å²) in [5.74, 6) is -0.290. The number of rotatable bonds is 9. The van der Waals surface area contributed by atoms with E-state index in [1.807, 2.05) is 30.3 Å². The van der Waals surface area contributed by atoms with Crippen LogP contribution in [-0.4, -0.2) is 72.9 Å². The molecule has 0 radical (unpaired) electrons. The molecule has 2 aromatic carbocycles. The number of amides is 2. The summed E-state index contributed by atoms with van der Waals surface area (Å²) in [6.45, 7) is 6.03. The number of hydrogen-bond acceptors (Lipinski definition) is 6. The quantitative estimate of drug-likeness (QED) is 0.414. The smallest absolute Gasteiger partial charge is 0.255 e. The van der Waals surface area contributed by atoms with Gasteiger partial charge in [-0.2, -0.15) is 0 Å². The fourth-order valence-corrected chi connectivity index (χ4v) is 3.96. The summed E-state index contributed by atoms with van der Waals surface area (Å²) in [5, 5.41) is 9.17. The molecule has 2 amide bonds. The largest absolute Gasteiger partial charge is 0.355 e. The van der Waals surface area contributed by atoms with E-state index >= 15 is 0 Å². The highest BCUT2D eigenvalue weighted by Gasteiger charge is 2.13. The van der Waals surface area contributed by atoms with Gasteiger partial charge in [0, 0.05) is 73.3 Å². The lowest BCUT2D eigenvalue weighted by Gasteiger charge is -2.32. The van der Waals surface area contributed by atoms with Crippen LogP contribution in [-0.2, 0) is 0 Å². The molecule has 1 aliphatic heterocycles. The fourth-order valence-electron chi connectivity index (χ4n) is 3.96. The highest BCUT2D eigenvalue weighted by Crippen LogP contribution is 2.20. The molecular formula is C27H32N6O2. The van der Waals surface area contributed by atoms with E-state index in [-0.39, 0.29) is 11.8 Å². The standard InChI is InChI=1S/C27H32N6O2/c1-32-15-17-33(18-16-32)14-4-11-29-26(34)21-5-2-7-24(19-21)30-25-8-3-6-22(20-25)27(35)31-23-9-12-28-13-10-23/h2-3,5-10,12-13,19-20,30H,4,11,14-18H2,1H3,(H,29,34)(H,28,31,35). The first-order valence-corrected chi connectivity index (χ1v) is 11.9. The second kappa shape index (κ2) is 12.1. The average Bonchev–Trinajstić information content (AvgIpc) is 2.88. The van der Waals surface area contributed by atoms with Crippen LogP contribution < -0.4 is 16.0 Å². The van der Waals surface area contributed by atoms with Gasteiger partial charge in [-0.3, -0.25) is 14.6 Å². The van der Waals surface area contributed by atoms with Gasteiger partial charge in [-0.25, -0.2) is 0 Å². The lowest BCUT2D eigenvalue weighted by Crippen LogP contribution is -2.45. The van der Waals surface area contributed by atoms with Crippen molar-refractivity contribution in [1.29, 1.82) is 0 Å². The molecule has 0 bridgehead atoms. The van der Waals surface area contributed by atoms with Crippen LogP contribution >= 0.6 is 0 Å². The number of nitrogens with one attached hydrogen (secondary N) is 3. The first kappa shape index (κ1) is 24.4. The molecule has 1 saturated heterocycles. The Hall–Kier alpha value is -3.75. The maximum atomic E-state index is 12.6. The van der Waals surface area contributed by atoms with Crippen LogP contribution in [0.1, 0.15) is 27.1 Å². The van der Waals surface area contributed by atoms with Crippen molar-refractivity contribution in [3.05, 3.63) is 84.2 Å². The van der Waals surface area contributed by atoms with Crippen molar-refractivity contribution < 1.29 is 9.59 Å². The van der Waals surface area contributed by atoms with Gasteiger partial charge in [0.2, 0.25) is 0 Å². The summed E-state index contributed by atoms with van der Waals surface area (Å²) in [4.78, 5) is 34.0. The van der Waals surface area contributed by atoms with Gasteiger partial charge in [0.1, 0.15) is 0 Å². The monoisotopic (exact) mass is 472 g/mol. The minimum absolute atomic E-state index is 0.0856. The zero-order valence-corrected chi connectivity index (χ0v) is 20.0. The SMILES string of the molecule is CN1CCN(CCCNC(=O)c2cccc(Nc3cccc(C(=O)Nc4ccncc4)c3)c2)CC1. The van der Waals surface area contributed by atoms with E-state index in [9.17, 15) is 9.59 Å². The summed E-state index contributed by atoms with van der Waals surface area (Å²) in [6.07, 6.45) is 4.19. The molecule has 0 unspecified atom stereocenters. The summed E-state index contributed by atoms with van der Waals surface area (Å²) >= 11 is 0. The molecule has 1 aliphatic rings. The minimum atomic E-state index is -0.204. The lowest BCUT2D eigenvalue weighted by atomic mass is 10.1. The van der Waals surface area contributed by atoms with Crippen LogP contribution in [0, 0.1) is 0 Å². The Balaban J connectivity index is 1.29. The normalized spacial score (nSPS) is 14.3. The molecule has 3 N–H and O–H groups in total. The number of carbonyl (C=O) groups excluding carboxylic acids is 2. The van der Waals surface area contributed by atoms with E-state index in [1.54, 1.807) is 42.7 Å². The average molecular weight is 473 g/mol. The van der Waals surface area contributed by atoms with Gasteiger partial charge < -0.3 is 25.8 Å². The first-order chi connectivity index (χ1) is 17.1. The van der Waals surface area contributed by atoms with Gasteiger partial charge in [-0.15, -0.1) is 0 Å². The minimum Gasteiger partial charge on any atom is -0.355 e. The molecule has 0 saturated carbocycles. The molecule has 0 atom stereocenters. The maximum Gasteiger partial charge on any atom is 0.255 e. The lowest BCUT2D eigenvalue weighted by molar-refractivity contribution is 0.0948. The predicted molar refractivity (Wildman–Crippen MR) is 139 cm³/mol. The highest BCUT2D eigenvalue weighted by atomic mass is 16.2. The van der Waals surface area contributed by atoms with Crippen LogP contribution in [0.15, 0.2) is 73.1 Å². The number of likely N-dealkylation sites (N-methyl/N-ethyl adjacent to an activating group) is 1. The number of carbonyl (C=O) groups is 2. The van der Waals surface area contributed by atoms with Crippen molar-refractivity contribution in [2.75, 3.05) is 56.9 Å². The van der Waals surface area contributed by atoms with E-state index in [0.29, 0.717) is 23.4 Å². The highest BCUT2D eigenvalue weighted by molar-refractivity contribution is 6.04. The van der Waals surface area contributed by atoms with Crippen molar-refractivity contribution in [3.63, 3.8) is 0 Å². The van der Waals surface area contributed by atoms with Crippen LogP contribution in [0.2, 0.25) is 0 Å². The Bertz CT molecular complexity index is 1130. The summed E-state index contributed by atoms with van der Waals surface area (Å²) in [7, 11) is 2.15. The van der Waals surface area contributed by atoms with Crippen molar-refractivity contribution in [2.45, 2.75) is 6.42 Å². The van der Waals surface area contributed by atoms with Gasteiger partial charge in [-0.1, -0.05) is 12.1 Å². The zero-order valence-electron chi connectivity index (χ0n) is 20.0. The molecule has 3 aromatic rings. The van der Waals surface area contributed by atoms with Crippen molar-refractivity contribution in [3.8, 4) is 0 Å². The molecule has 0 aliphatic carbocycles. The summed E-state index contributed by atoms with van der Waals surface area (Å²) < 4.78 is 0. The number of aromatic nitrogens is 1. The molecule has 8 heteroatoms. The molecule has 2 heterocycles. The molecule has 1 fully saturated rings. The molecular weight excluding hydrogens is 440 g/mol. The zero-order chi connectivity index (χ0) is 24.5. The second-order valence-electron chi connectivity index (χ2n) is 8.73. The number of pyridine rings is 1. The third-order valence-corrected chi connectivity index (χ3v) is 6.01. The number of benzene rings is 2. The van der Waals surface area contributed by atoms with Crippen LogP contribution in [0.25, 0.3) is 0 Å². The Labute approximate surface area is 206 Å². The van der Waals surface area contributed by atoms with E-state index in [1.165, 1.54) is 0 Å². The predicted octanol–water partition coefficient (Wildman–Crippen LogP) is 3.44. The van der Waals surface area contributed by atoms with Gasteiger partial charge in [0.05, 0.1) is 0 Å². The first-order valence-electron chi connectivity index (χ1n) is 11.9. The van der Waals surface area contributed by atoms with Gasteiger partial charge in [-0.05, 0) is 68.5 Å². The van der Waals surface area contributed by atoms with E-state index in [0.717, 1.165) is 50.5 Å². The molecule has 0 spiro atoms. The topological polar surface area (TPSA) is 89.6 Å². The van der Waals surface area contributed by atoms with Crippen LogP contribution in [0.3, 0.4) is 0 Å². The molecule has 1 aromatic heterocycles. The van der Waals surface area contributed by atoms with Crippen molar-refractivity contribution >= 4 is 28.9 Å². The van der Waals surface area contributed by atoms with Crippen molar-refractivity contribution in [2.24, 2.45) is 0 Å². The number of nitrogens with zero attached hydrogens (tertiary/aromatic N) is 3. The second-order valence-corrected chi connectivity index (χ2v) is 8.73. The molecule has 4 rings (SSSR count). The number of hydrogen-bond donors (Lipinski definition) is 3. The Morgan fingerprint density at radius 3 is 2.11 bits per heavy atom.